The highest BCUT2D eigenvalue weighted by Gasteiger charge is 2.24. The van der Waals surface area contributed by atoms with Crippen LogP contribution in [0.5, 0.6) is 5.75 Å². The number of ether oxygens (including phenoxy) is 1. The van der Waals surface area contributed by atoms with Gasteiger partial charge in [0.25, 0.3) is 0 Å². The molecule has 1 aliphatic carbocycles. The minimum absolute atomic E-state index is 0.630. The minimum atomic E-state index is 0.630. The Balaban J connectivity index is 1.69. The van der Waals surface area contributed by atoms with E-state index in [-0.39, 0.29) is 0 Å². The van der Waals surface area contributed by atoms with E-state index in [1.807, 2.05) is 24.5 Å². The molecule has 3 aromatic rings. The van der Waals surface area contributed by atoms with Crippen LogP contribution in [0.4, 0.5) is 0 Å². The molecule has 3 heterocycles. The summed E-state index contributed by atoms with van der Waals surface area (Å²) in [6.45, 7) is 0.783. The zero-order valence-corrected chi connectivity index (χ0v) is 15.6. The van der Waals surface area contributed by atoms with Crippen molar-refractivity contribution in [1.82, 2.24) is 9.78 Å². The molecule has 1 aromatic carbocycles. The second kappa shape index (κ2) is 6.09. The van der Waals surface area contributed by atoms with E-state index in [1.54, 1.807) is 4.68 Å². The number of carbonyl (C=O) groups excluding carboxylic acids is 1. The Morgan fingerprint density at radius 2 is 2.04 bits per heavy atom. The summed E-state index contributed by atoms with van der Waals surface area (Å²) in [6, 6.07) is 8.53. The highest BCUT2D eigenvalue weighted by atomic mass is 32.1. The highest BCUT2D eigenvalue weighted by molar-refractivity contribution is 7.15. The third-order valence-corrected chi connectivity index (χ3v) is 6.62. The molecule has 132 valence electrons. The van der Waals surface area contributed by atoms with Crippen molar-refractivity contribution < 1.29 is 9.53 Å². The second-order valence-electron chi connectivity index (χ2n) is 7.04. The second-order valence-corrected chi connectivity index (χ2v) is 8.17. The van der Waals surface area contributed by atoms with E-state index in [4.69, 9.17) is 9.84 Å². The van der Waals surface area contributed by atoms with Gasteiger partial charge in [-0.25, -0.2) is 0 Å². The Morgan fingerprint density at radius 3 is 2.88 bits per heavy atom. The van der Waals surface area contributed by atoms with Crippen LogP contribution in [0.3, 0.4) is 0 Å². The molecule has 0 fully saturated rings. The zero-order valence-electron chi connectivity index (χ0n) is 14.7. The molecule has 0 amide bonds. The van der Waals surface area contributed by atoms with Crippen LogP contribution in [0.15, 0.2) is 24.3 Å². The molecule has 26 heavy (non-hydrogen) atoms. The minimum Gasteiger partial charge on any atom is -0.493 e. The number of aldehydes is 1. The van der Waals surface area contributed by atoms with Crippen molar-refractivity contribution in [1.29, 1.82) is 0 Å². The molecule has 5 heteroatoms. The normalized spacial score (nSPS) is 15.4. The first-order valence-electron chi connectivity index (χ1n) is 9.15. The van der Waals surface area contributed by atoms with Crippen LogP contribution in [0.2, 0.25) is 0 Å². The van der Waals surface area contributed by atoms with E-state index in [9.17, 15) is 4.79 Å². The molecule has 4 nitrogen and oxygen atoms in total. The summed E-state index contributed by atoms with van der Waals surface area (Å²) < 4.78 is 7.45. The van der Waals surface area contributed by atoms with Crippen molar-refractivity contribution in [2.45, 2.75) is 32.1 Å². The molecule has 0 bridgehead atoms. The van der Waals surface area contributed by atoms with Crippen LogP contribution in [0.1, 0.15) is 39.3 Å². The van der Waals surface area contributed by atoms with E-state index < -0.39 is 0 Å². The molecular formula is C21H20N2O2S. The van der Waals surface area contributed by atoms with Crippen LogP contribution in [-0.4, -0.2) is 22.7 Å². The van der Waals surface area contributed by atoms with Gasteiger partial charge in [0.15, 0.2) is 6.29 Å². The van der Waals surface area contributed by atoms with Gasteiger partial charge in [0.05, 0.1) is 11.5 Å². The van der Waals surface area contributed by atoms with Crippen molar-refractivity contribution in [3.63, 3.8) is 0 Å². The van der Waals surface area contributed by atoms with Gasteiger partial charge in [0.1, 0.15) is 17.1 Å². The van der Waals surface area contributed by atoms with E-state index in [2.05, 4.69) is 18.2 Å². The first-order valence-corrected chi connectivity index (χ1v) is 9.96. The van der Waals surface area contributed by atoms with Crippen molar-refractivity contribution in [2.24, 2.45) is 7.05 Å². The molecule has 0 atom stereocenters. The molecule has 0 radical (unpaired) electrons. The number of benzene rings is 1. The van der Waals surface area contributed by atoms with Crippen molar-refractivity contribution in [3.05, 3.63) is 46.0 Å². The molecule has 2 aliphatic rings. The van der Waals surface area contributed by atoms with Crippen molar-refractivity contribution in [2.75, 3.05) is 6.61 Å². The average molecular weight is 364 g/mol. The number of hydrogen-bond donors (Lipinski definition) is 0. The quantitative estimate of drug-likeness (QED) is 0.645. The Morgan fingerprint density at radius 1 is 1.15 bits per heavy atom. The van der Waals surface area contributed by atoms with Gasteiger partial charge in [0, 0.05) is 17.5 Å². The van der Waals surface area contributed by atoms with Crippen LogP contribution in [0, 0.1) is 0 Å². The van der Waals surface area contributed by atoms with Gasteiger partial charge in [-0.2, -0.15) is 5.10 Å². The summed E-state index contributed by atoms with van der Waals surface area (Å²) in [7, 11) is 1.85. The first kappa shape index (κ1) is 15.8. The van der Waals surface area contributed by atoms with Gasteiger partial charge in [0.2, 0.25) is 0 Å². The number of thiophene rings is 1. The molecule has 0 unspecified atom stereocenters. The third-order valence-electron chi connectivity index (χ3n) is 5.38. The fourth-order valence-electron chi connectivity index (χ4n) is 4.09. The Bertz CT molecular complexity index is 994. The van der Waals surface area contributed by atoms with Crippen LogP contribution in [-0.2, 0) is 26.3 Å². The molecule has 5 rings (SSSR count). The summed E-state index contributed by atoms with van der Waals surface area (Å²) in [5.74, 6) is 0.966. The summed E-state index contributed by atoms with van der Waals surface area (Å²) >= 11 is 1.83. The van der Waals surface area contributed by atoms with Crippen LogP contribution < -0.4 is 4.74 Å². The standard InChI is InChI=1S/C21H20N2O2S/c1-23-16(12-24)20(15-7-8-17-13(10-15)5-3-9-25-17)21(22-23)19-11-14-4-2-6-18(14)26-19/h7-8,10-12H,2-6,9H2,1H3. The van der Waals surface area contributed by atoms with Crippen LogP contribution >= 0.6 is 11.3 Å². The Hall–Kier alpha value is -2.40. The summed E-state index contributed by atoms with van der Waals surface area (Å²) in [5, 5.41) is 4.72. The van der Waals surface area contributed by atoms with Gasteiger partial charge in [-0.05, 0) is 67.0 Å². The average Bonchev–Trinajstić information content (AvgIpc) is 3.33. The van der Waals surface area contributed by atoms with Crippen molar-refractivity contribution in [3.8, 4) is 27.4 Å². The Labute approximate surface area is 156 Å². The maximum atomic E-state index is 11.8. The number of rotatable bonds is 3. The van der Waals surface area contributed by atoms with Crippen LogP contribution in [0.25, 0.3) is 21.7 Å². The summed E-state index contributed by atoms with van der Waals surface area (Å²) in [6.07, 6.45) is 6.55. The van der Waals surface area contributed by atoms with E-state index >= 15 is 0 Å². The largest absolute Gasteiger partial charge is 0.493 e. The van der Waals surface area contributed by atoms with Gasteiger partial charge >= 0.3 is 0 Å². The molecule has 0 N–H and O–H groups in total. The SMILES string of the molecule is Cn1nc(-c2cc3c(s2)CCC3)c(-c2ccc3c(c2)CCCO3)c1C=O. The number of aromatic nitrogens is 2. The molecule has 0 spiro atoms. The summed E-state index contributed by atoms with van der Waals surface area (Å²) in [5.41, 5.74) is 6.21. The van der Waals surface area contributed by atoms with Gasteiger partial charge in [-0.3, -0.25) is 9.48 Å². The van der Waals surface area contributed by atoms with E-state index in [0.717, 1.165) is 54.7 Å². The smallest absolute Gasteiger partial charge is 0.168 e. The maximum absolute atomic E-state index is 11.8. The molecule has 0 saturated carbocycles. The van der Waals surface area contributed by atoms with E-state index in [0.29, 0.717) is 5.69 Å². The number of hydrogen-bond acceptors (Lipinski definition) is 4. The van der Waals surface area contributed by atoms with Gasteiger partial charge in [-0.1, -0.05) is 6.07 Å². The Kier molecular flexibility index (Phi) is 3.71. The first-order chi connectivity index (χ1) is 12.7. The lowest BCUT2D eigenvalue weighted by atomic mass is 9.97. The lowest BCUT2D eigenvalue weighted by Crippen LogP contribution is -2.08. The predicted octanol–water partition coefficient (Wildman–Crippen LogP) is 4.44. The lowest BCUT2D eigenvalue weighted by molar-refractivity contribution is 0.111. The van der Waals surface area contributed by atoms with Gasteiger partial charge in [-0.15, -0.1) is 11.3 Å². The molecule has 1 aliphatic heterocycles. The fourth-order valence-corrected chi connectivity index (χ4v) is 5.34. The van der Waals surface area contributed by atoms with Crippen molar-refractivity contribution >= 4 is 17.6 Å². The topological polar surface area (TPSA) is 44.1 Å². The third kappa shape index (κ3) is 2.42. The number of fused-ring (bicyclic) bond motifs is 2. The molecule has 0 saturated heterocycles. The number of aryl methyl sites for hydroxylation is 4. The summed E-state index contributed by atoms with van der Waals surface area (Å²) in [4.78, 5) is 14.5. The van der Waals surface area contributed by atoms with Gasteiger partial charge < -0.3 is 4.74 Å². The fraction of sp³-hybridized carbons (Fsp3) is 0.333. The predicted molar refractivity (Wildman–Crippen MR) is 103 cm³/mol. The molecular weight excluding hydrogens is 344 g/mol. The maximum Gasteiger partial charge on any atom is 0.168 e. The monoisotopic (exact) mass is 364 g/mol. The number of carbonyl (C=O) groups is 1. The zero-order chi connectivity index (χ0) is 17.7. The lowest BCUT2D eigenvalue weighted by Gasteiger charge is -2.18. The van der Waals surface area contributed by atoms with E-state index in [1.165, 1.54) is 33.7 Å². The number of nitrogens with zero attached hydrogens (tertiary/aromatic N) is 2. The highest BCUT2D eigenvalue weighted by Crippen LogP contribution is 2.42. The molecule has 2 aromatic heterocycles.